The zero-order valence-corrected chi connectivity index (χ0v) is 19.8. The van der Waals surface area contributed by atoms with Crippen LogP contribution >= 0.6 is 0 Å². The minimum atomic E-state index is -3.63. The van der Waals surface area contributed by atoms with Crippen LogP contribution in [0.15, 0.2) is 32.1 Å². The molecule has 0 fully saturated rings. The van der Waals surface area contributed by atoms with E-state index >= 15 is 0 Å². The Hall–Kier alpha value is -2.16. The molecule has 4 N–H and O–H groups in total. The molecule has 0 saturated heterocycles. The Morgan fingerprint density at radius 1 is 1.13 bits per heavy atom. The lowest BCUT2D eigenvalue weighted by atomic mass is 9.90. The van der Waals surface area contributed by atoms with Crippen LogP contribution in [0, 0.1) is 13.8 Å². The third kappa shape index (κ3) is 5.30. The Labute approximate surface area is 179 Å². The van der Waals surface area contributed by atoms with Gasteiger partial charge in [-0.3, -0.25) is 0 Å². The van der Waals surface area contributed by atoms with E-state index in [0.29, 0.717) is 17.0 Å². The summed E-state index contributed by atoms with van der Waals surface area (Å²) in [6.45, 7) is 15.0. The smallest absolute Gasteiger partial charge is 0.354 e. The Morgan fingerprint density at radius 3 is 2.03 bits per heavy atom. The van der Waals surface area contributed by atoms with E-state index in [2.05, 4.69) is 9.68 Å². The molecule has 0 spiro atoms. The third-order valence-corrected chi connectivity index (χ3v) is 6.10. The maximum atomic E-state index is 12.9. The Kier molecular flexibility index (Phi) is 6.85. The van der Waals surface area contributed by atoms with Crippen molar-refractivity contribution in [3.63, 3.8) is 0 Å². The molecule has 0 bridgehead atoms. The molecule has 7 nitrogen and oxygen atoms in total. The van der Waals surface area contributed by atoms with Crippen molar-refractivity contribution >= 4 is 21.6 Å². The molecular formula is C22H33N3O4S. The number of furan rings is 1. The standard InChI is InChI=1S/C22H33N3O4S/c1-12(2)16-9-14(5)10-17(13(3)4)20(16)24-21(26)25-30(23,28)19-11-18(15(6)29-19)22(7,8)27/h9-13,27H,1-8H3,(H3,23,24,25,26,28). The molecular weight excluding hydrogens is 402 g/mol. The van der Waals surface area contributed by atoms with E-state index < -0.39 is 21.5 Å². The number of aliphatic hydroxyl groups is 1. The molecule has 0 aliphatic carbocycles. The highest BCUT2D eigenvalue weighted by atomic mass is 32.2. The molecule has 1 aromatic carbocycles. The zero-order valence-electron chi connectivity index (χ0n) is 19.0. The van der Waals surface area contributed by atoms with Crippen LogP contribution in [0.5, 0.6) is 0 Å². The van der Waals surface area contributed by atoms with Gasteiger partial charge in [-0.15, -0.1) is 4.36 Å². The lowest BCUT2D eigenvalue weighted by Crippen LogP contribution is -2.19. The number of amides is 2. The maximum absolute atomic E-state index is 12.9. The minimum absolute atomic E-state index is 0.149. The van der Waals surface area contributed by atoms with Crippen LogP contribution < -0.4 is 10.5 Å². The lowest BCUT2D eigenvalue weighted by Gasteiger charge is -2.20. The van der Waals surface area contributed by atoms with Crippen molar-refractivity contribution < 1.29 is 18.5 Å². The third-order valence-electron chi connectivity index (χ3n) is 4.88. The summed E-state index contributed by atoms with van der Waals surface area (Å²) in [5.41, 5.74) is 2.96. The average Bonchev–Trinajstić information content (AvgIpc) is 2.98. The lowest BCUT2D eigenvalue weighted by molar-refractivity contribution is 0.0769. The monoisotopic (exact) mass is 435 g/mol. The van der Waals surface area contributed by atoms with Gasteiger partial charge in [0.1, 0.15) is 5.76 Å². The molecule has 1 atom stereocenters. The van der Waals surface area contributed by atoms with E-state index in [0.717, 1.165) is 16.7 Å². The maximum Gasteiger partial charge on any atom is 0.354 e. The van der Waals surface area contributed by atoms with Crippen LogP contribution in [0.3, 0.4) is 0 Å². The number of nitrogens with one attached hydrogen (secondary N) is 1. The molecule has 0 saturated carbocycles. The molecule has 30 heavy (non-hydrogen) atoms. The van der Waals surface area contributed by atoms with Crippen LogP contribution in [0.2, 0.25) is 0 Å². The summed E-state index contributed by atoms with van der Waals surface area (Å²) in [5.74, 6) is 0.706. The van der Waals surface area contributed by atoms with Gasteiger partial charge in [-0.05, 0) is 50.7 Å². The second kappa shape index (κ2) is 8.53. The van der Waals surface area contributed by atoms with Gasteiger partial charge < -0.3 is 14.8 Å². The van der Waals surface area contributed by atoms with Gasteiger partial charge in [-0.1, -0.05) is 45.4 Å². The topological polar surface area (TPSA) is 118 Å². The highest BCUT2D eigenvalue weighted by Crippen LogP contribution is 2.34. The van der Waals surface area contributed by atoms with E-state index in [1.807, 2.05) is 46.8 Å². The van der Waals surface area contributed by atoms with Gasteiger partial charge in [0.2, 0.25) is 5.09 Å². The molecule has 0 aliphatic rings. The Morgan fingerprint density at radius 2 is 1.63 bits per heavy atom. The van der Waals surface area contributed by atoms with E-state index in [1.54, 1.807) is 20.8 Å². The van der Waals surface area contributed by atoms with Gasteiger partial charge in [-0.25, -0.2) is 14.1 Å². The van der Waals surface area contributed by atoms with Crippen LogP contribution in [0.1, 0.15) is 81.4 Å². The number of urea groups is 1. The van der Waals surface area contributed by atoms with Crippen molar-refractivity contribution in [3.05, 3.63) is 46.2 Å². The summed E-state index contributed by atoms with van der Waals surface area (Å²) in [5, 5.41) is 18.7. The Bertz CT molecular complexity index is 1040. The van der Waals surface area contributed by atoms with Gasteiger partial charge in [0, 0.05) is 17.3 Å². The van der Waals surface area contributed by atoms with Crippen molar-refractivity contribution in [2.45, 2.75) is 77.9 Å². The summed E-state index contributed by atoms with van der Waals surface area (Å²) in [6.07, 6.45) is 0. The second-order valence-electron chi connectivity index (χ2n) is 8.81. The number of hydrogen-bond acceptors (Lipinski definition) is 4. The molecule has 1 heterocycles. The molecule has 2 rings (SSSR count). The number of carbonyl (C=O) groups excluding carboxylic acids is 1. The molecule has 0 radical (unpaired) electrons. The van der Waals surface area contributed by atoms with E-state index in [4.69, 9.17) is 9.56 Å². The fourth-order valence-electron chi connectivity index (χ4n) is 3.40. The van der Waals surface area contributed by atoms with E-state index in [-0.39, 0.29) is 16.9 Å². The number of anilines is 1. The first-order valence-electron chi connectivity index (χ1n) is 9.97. The van der Waals surface area contributed by atoms with Gasteiger partial charge in [0.05, 0.1) is 5.60 Å². The summed E-state index contributed by atoms with van der Waals surface area (Å²) in [6, 6.07) is 4.63. The average molecular weight is 436 g/mol. The van der Waals surface area contributed by atoms with E-state index in [9.17, 15) is 14.1 Å². The van der Waals surface area contributed by atoms with Crippen LogP contribution in [0.4, 0.5) is 10.5 Å². The van der Waals surface area contributed by atoms with Crippen LogP contribution in [-0.4, -0.2) is 15.3 Å². The number of benzene rings is 1. The number of nitrogens with two attached hydrogens (primary N) is 1. The van der Waals surface area contributed by atoms with Crippen LogP contribution in [-0.2, 0) is 15.5 Å². The van der Waals surface area contributed by atoms with Crippen molar-refractivity contribution in [1.29, 1.82) is 0 Å². The predicted molar refractivity (Wildman–Crippen MR) is 120 cm³/mol. The van der Waals surface area contributed by atoms with Crippen molar-refractivity contribution in [2.24, 2.45) is 9.50 Å². The first kappa shape index (κ1) is 24.1. The van der Waals surface area contributed by atoms with Crippen molar-refractivity contribution in [3.8, 4) is 0 Å². The largest absolute Gasteiger partial charge is 0.450 e. The number of hydrogen-bond donors (Lipinski definition) is 3. The molecule has 8 heteroatoms. The predicted octanol–water partition coefficient (Wildman–Crippen LogP) is 5.30. The fraction of sp³-hybridized carbons (Fsp3) is 0.500. The first-order valence-corrected chi connectivity index (χ1v) is 11.5. The quantitative estimate of drug-likeness (QED) is 0.590. The zero-order chi connectivity index (χ0) is 23.0. The molecule has 166 valence electrons. The highest BCUT2D eigenvalue weighted by molar-refractivity contribution is 7.91. The fourth-order valence-corrected chi connectivity index (χ4v) is 4.32. The normalized spacial score (nSPS) is 14.1. The molecule has 1 aromatic heterocycles. The van der Waals surface area contributed by atoms with Gasteiger partial charge in [0.15, 0.2) is 9.92 Å². The summed E-state index contributed by atoms with van der Waals surface area (Å²) >= 11 is 0. The SMILES string of the molecule is Cc1cc(C(C)C)c(NC(=O)N=S(N)(=O)c2cc(C(C)(C)O)c(C)o2)c(C(C)C)c1. The Balaban J connectivity index is 2.48. The number of aryl methyl sites for hydroxylation is 2. The summed E-state index contributed by atoms with van der Waals surface area (Å²) in [7, 11) is -3.63. The number of carbonyl (C=O) groups is 1. The summed E-state index contributed by atoms with van der Waals surface area (Å²) in [4.78, 5) is 12.7. The highest BCUT2D eigenvalue weighted by Gasteiger charge is 2.26. The number of nitrogens with zero attached hydrogens (tertiary/aromatic N) is 1. The first-order chi connectivity index (χ1) is 13.6. The molecule has 1 unspecified atom stereocenters. The van der Waals surface area contributed by atoms with Gasteiger partial charge >= 0.3 is 6.03 Å². The minimum Gasteiger partial charge on any atom is -0.450 e. The molecule has 2 amide bonds. The molecule has 0 aliphatic heterocycles. The van der Waals surface area contributed by atoms with Gasteiger partial charge in [0.25, 0.3) is 0 Å². The van der Waals surface area contributed by atoms with Crippen molar-refractivity contribution in [1.82, 2.24) is 0 Å². The van der Waals surface area contributed by atoms with Crippen LogP contribution in [0.25, 0.3) is 0 Å². The van der Waals surface area contributed by atoms with Crippen molar-refractivity contribution in [2.75, 3.05) is 5.32 Å². The second-order valence-corrected chi connectivity index (χ2v) is 10.5. The number of rotatable bonds is 5. The van der Waals surface area contributed by atoms with E-state index in [1.165, 1.54) is 6.07 Å². The van der Waals surface area contributed by atoms with Gasteiger partial charge in [-0.2, -0.15) is 0 Å². The summed E-state index contributed by atoms with van der Waals surface area (Å²) < 4.78 is 22.1. The molecule has 2 aromatic rings.